The van der Waals surface area contributed by atoms with E-state index in [4.69, 9.17) is 5.11 Å². The van der Waals surface area contributed by atoms with E-state index in [1.165, 1.54) is 12.4 Å². The summed E-state index contributed by atoms with van der Waals surface area (Å²) in [5.41, 5.74) is -0.540. The molecule has 3 heterocycles. The zero-order valence-electron chi connectivity index (χ0n) is 11.5. The van der Waals surface area contributed by atoms with Gasteiger partial charge in [0.25, 0.3) is 0 Å². The summed E-state index contributed by atoms with van der Waals surface area (Å²) in [6, 6.07) is 3.66. The zero-order chi connectivity index (χ0) is 15.7. The topological polar surface area (TPSA) is 90.0 Å². The molecule has 0 aliphatic rings. The summed E-state index contributed by atoms with van der Waals surface area (Å²) in [7, 11) is 0. The Morgan fingerprint density at radius 2 is 2.09 bits per heavy atom. The third kappa shape index (κ3) is 2.18. The molecule has 0 saturated heterocycles. The number of carbonyl (C=O) groups is 1. The second kappa shape index (κ2) is 5.28. The first-order valence-electron chi connectivity index (χ1n) is 6.49. The second-order valence-corrected chi connectivity index (χ2v) is 4.62. The highest BCUT2D eigenvalue weighted by Gasteiger charge is 2.16. The summed E-state index contributed by atoms with van der Waals surface area (Å²) < 4.78 is 3.27. The number of allylic oxidation sites excluding steroid dienone is 1. The van der Waals surface area contributed by atoms with Gasteiger partial charge in [-0.15, -0.1) is 6.58 Å². The molecule has 0 bridgehead atoms. The molecule has 0 atom stereocenters. The molecule has 0 amide bonds. The highest BCUT2D eigenvalue weighted by molar-refractivity contribution is 5.91. The molecule has 0 aliphatic heterocycles. The number of carboxylic acids is 1. The number of nitrogens with zero attached hydrogens (tertiary/aromatic N) is 4. The van der Waals surface area contributed by atoms with Gasteiger partial charge in [-0.1, -0.05) is 6.08 Å². The summed E-state index contributed by atoms with van der Waals surface area (Å²) in [5, 5.41) is 9.30. The Hall–Kier alpha value is -3.22. The zero-order valence-corrected chi connectivity index (χ0v) is 11.5. The Bertz CT molecular complexity index is 926. The van der Waals surface area contributed by atoms with E-state index in [1.54, 1.807) is 27.6 Å². The fourth-order valence-corrected chi connectivity index (χ4v) is 2.19. The highest BCUT2D eigenvalue weighted by atomic mass is 16.4. The Morgan fingerprint density at radius 3 is 2.73 bits per heavy atom. The fraction of sp³-hybridized carbons (Fsp3) is 0.0667. The third-order valence-electron chi connectivity index (χ3n) is 3.19. The van der Waals surface area contributed by atoms with Crippen molar-refractivity contribution in [2.45, 2.75) is 6.54 Å². The van der Waals surface area contributed by atoms with Crippen LogP contribution in [0.15, 0.2) is 54.4 Å². The molecule has 0 unspecified atom stereocenters. The van der Waals surface area contributed by atoms with E-state index in [1.807, 2.05) is 12.1 Å². The Morgan fingerprint density at radius 1 is 1.36 bits per heavy atom. The van der Waals surface area contributed by atoms with Crippen LogP contribution in [0.4, 0.5) is 0 Å². The van der Waals surface area contributed by atoms with Crippen molar-refractivity contribution in [3.63, 3.8) is 0 Å². The lowest BCUT2D eigenvalue weighted by Gasteiger charge is -2.10. The first kappa shape index (κ1) is 13.7. The Kier molecular flexibility index (Phi) is 3.30. The van der Waals surface area contributed by atoms with Crippen molar-refractivity contribution in [1.29, 1.82) is 0 Å². The maximum atomic E-state index is 12.2. The first-order valence-corrected chi connectivity index (χ1v) is 6.49. The van der Waals surface area contributed by atoms with Crippen LogP contribution in [0, 0.1) is 0 Å². The van der Waals surface area contributed by atoms with E-state index in [-0.39, 0.29) is 10.9 Å². The van der Waals surface area contributed by atoms with Crippen molar-refractivity contribution in [2.75, 3.05) is 0 Å². The standard InChI is InChI=1S/C15H12N4O3/c1-2-5-19-9-11(14(21)22)12(20)10-8-16-15(17-13(10)19)18-6-3-4-7-18/h2-4,6-9H,1,5H2,(H,21,22). The Labute approximate surface area is 124 Å². The molecule has 7 nitrogen and oxygen atoms in total. The van der Waals surface area contributed by atoms with Crippen LogP contribution < -0.4 is 5.43 Å². The predicted octanol–water partition coefficient (Wildman–Crippen LogP) is 1.47. The van der Waals surface area contributed by atoms with Crippen LogP contribution in [0.1, 0.15) is 10.4 Å². The molecule has 22 heavy (non-hydrogen) atoms. The molecule has 0 saturated carbocycles. The van der Waals surface area contributed by atoms with Gasteiger partial charge in [0.15, 0.2) is 0 Å². The Balaban J connectivity index is 2.33. The summed E-state index contributed by atoms with van der Waals surface area (Å²) >= 11 is 0. The van der Waals surface area contributed by atoms with Crippen molar-refractivity contribution < 1.29 is 9.90 Å². The number of fused-ring (bicyclic) bond motifs is 1. The first-order chi connectivity index (χ1) is 10.6. The lowest BCUT2D eigenvalue weighted by atomic mass is 10.2. The minimum absolute atomic E-state index is 0.164. The van der Waals surface area contributed by atoms with Crippen molar-refractivity contribution in [1.82, 2.24) is 19.1 Å². The molecule has 0 spiro atoms. The van der Waals surface area contributed by atoms with E-state index >= 15 is 0 Å². The number of carboxylic acid groups (broad SMARTS) is 1. The van der Waals surface area contributed by atoms with Gasteiger partial charge in [-0.05, 0) is 12.1 Å². The minimum atomic E-state index is -1.28. The molecule has 3 aromatic rings. The van der Waals surface area contributed by atoms with Gasteiger partial charge in [0.1, 0.15) is 11.2 Å². The molecule has 0 radical (unpaired) electrons. The van der Waals surface area contributed by atoms with E-state index in [0.29, 0.717) is 18.1 Å². The molecule has 0 fully saturated rings. The summed E-state index contributed by atoms with van der Waals surface area (Å²) in [4.78, 5) is 31.9. The van der Waals surface area contributed by atoms with Crippen LogP contribution >= 0.6 is 0 Å². The van der Waals surface area contributed by atoms with Crippen LogP contribution in [0.3, 0.4) is 0 Å². The van der Waals surface area contributed by atoms with Crippen LogP contribution in [0.5, 0.6) is 0 Å². The van der Waals surface area contributed by atoms with Crippen molar-refractivity contribution in [2.24, 2.45) is 0 Å². The number of aromatic carboxylic acids is 1. The largest absolute Gasteiger partial charge is 0.477 e. The van der Waals surface area contributed by atoms with E-state index < -0.39 is 11.4 Å². The number of pyridine rings is 1. The van der Waals surface area contributed by atoms with Gasteiger partial charge in [0.05, 0.1) is 5.39 Å². The van der Waals surface area contributed by atoms with Gasteiger partial charge >= 0.3 is 5.97 Å². The summed E-state index contributed by atoms with van der Waals surface area (Å²) in [6.45, 7) is 3.97. The van der Waals surface area contributed by atoms with Gasteiger partial charge in [-0.3, -0.25) is 9.36 Å². The molecule has 0 aliphatic carbocycles. The molecule has 110 valence electrons. The molecular weight excluding hydrogens is 284 g/mol. The molecule has 7 heteroatoms. The van der Waals surface area contributed by atoms with Gasteiger partial charge in [-0.25, -0.2) is 9.78 Å². The van der Waals surface area contributed by atoms with E-state index in [0.717, 1.165) is 0 Å². The summed E-state index contributed by atoms with van der Waals surface area (Å²) in [6.07, 6.45) is 7.80. The SMILES string of the molecule is C=CCn1cc(C(=O)O)c(=O)c2cnc(-n3cccc3)nc21. The van der Waals surface area contributed by atoms with Crippen LogP contribution in [0.25, 0.3) is 17.0 Å². The molecule has 0 aromatic carbocycles. The molecular formula is C15H12N4O3. The quantitative estimate of drug-likeness (QED) is 0.736. The number of hydrogen-bond acceptors (Lipinski definition) is 4. The average molecular weight is 296 g/mol. The van der Waals surface area contributed by atoms with Crippen molar-refractivity contribution >= 4 is 17.0 Å². The third-order valence-corrected chi connectivity index (χ3v) is 3.19. The number of rotatable bonds is 4. The average Bonchev–Trinajstić information content (AvgIpc) is 3.04. The maximum Gasteiger partial charge on any atom is 0.341 e. The maximum absolute atomic E-state index is 12.2. The fourth-order valence-electron chi connectivity index (χ4n) is 2.19. The monoisotopic (exact) mass is 296 g/mol. The smallest absolute Gasteiger partial charge is 0.341 e. The molecule has 3 rings (SSSR count). The lowest BCUT2D eigenvalue weighted by Crippen LogP contribution is -2.20. The van der Waals surface area contributed by atoms with Crippen LogP contribution in [0.2, 0.25) is 0 Å². The van der Waals surface area contributed by atoms with Gasteiger partial charge in [0, 0.05) is 31.3 Å². The second-order valence-electron chi connectivity index (χ2n) is 4.62. The molecule has 1 N–H and O–H groups in total. The van der Waals surface area contributed by atoms with Gasteiger partial charge in [0.2, 0.25) is 11.4 Å². The van der Waals surface area contributed by atoms with Crippen LogP contribution in [-0.2, 0) is 6.54 Å². The van der Waals surface area contributed by atoms with Gasteiger partial charge in [-0.2, -0.15) is 4.98 Å². The predicted molar refractivity (Wildman–Crippen MR) is 80.3 cm³/mol. The lowest BCUT2D eigenvalue weighted by molar-refractivity contribution is 0.0695. The van der Waals surface area contributed by atoms with Crippen LogP contribution in [-0.4, -0.2) is 30.2 Å². The van der Waals surface area contributed by atoms with Gasteiger partial charge < -0.3 is 9.67 Å². The highest BCUT2D eigenvalue weighted by Crippen LogP contribution is 2.12. The van der Waals surface area contributed by atoms with Crippen molar-refractivity contribution in [3.05, 3.63) is 65.4 Å². The van der Waals surface area contributed by atoms with E-state index in [9.17, 15) is 9.59 Å². The minimum Gasteiger partial charge on any atom is -0.477 e. The normalized spacial score (nSPS) is 10.7. The number of hydrogen-bond donors (Lipinski definition) is 1. The molecule has 3 aromatic heterocycles. The van der Waals surface area contributed by atoms with Crippen molar-refractivity contribution in [3.8, 4) is 5.95 Å². The number of aromatic nitrogens is 4. The summed E-state index contributed by atoms with van der Waals surface area (Å²) in [5.74, 6) is -0.878. The van der Waals surface area contributed by atoms with E-state index in [2.05, 4.69) is 16.5 Å².